The number of methoxy groups -OCH3 is 1. The summed E-state index contributed by atoms with van der Waals surface area (Å²) < 4.78 is 5.07. The summed E-state index contributed by atoms with van der Waals surface area (Å²) in [5, 5.41) is 3.36. The molecule has 1 atom stereocenters. The van der Waals surface area contributed by atoms with Gasteiger partial charge >= 0.3 is 0 Å². The van der Waals surface area contributed by atoms with Crippen LogP contribution in [-0.2, 0) is 9.53 Å². The maximum atomic E-state index is 12.4. The highest BCUT2D eigenvalue weighted by atomic mass is 16.5. The van der Waals surface area contributed by atoms with Gasteiger partial charge in [-0.15, -0.1) is 0 Å². The average Bonchev–Trinajstić information content (AvgIpc) is 2.57. The van der Waals surface area contributed by atoms with Gasteiger partial charge in [-0.1, -0.05) is 12.8 Å². The first-order chi connectivity index (χ1) is 8.16. The zero-order valence-electron chi connectivity index (χ0n) is 11.4. The van der Waals surface area contributed by atoms with E-state index in [0.717, 1.165) is 19.4 Å². The number of nitrogens with zero attached hydrogens (tertiary/aromatic N) is 1. The molecule has 4 nitrogen and oxygen atoms in total. The summed E-state index contributed by atoms with van der Waals surface area (Å²) in [6, 6.07) is 0.249. The van der Waals surface area contributed by atoms with Gasteiger partial charge in [0.05, 0.1) is 12.6 Å². The molecule has 0 aromatic carbocycles. The van der Waals surface area contributed by atoms with E-state index < -0.39 is 0 Å². The lowest BCUT2D eigenvalue weighted by Crippen LogP contribution is -2.49. The van der Waals surface area contributed by atoms with Crippen molar-refractivity contribution in [2.75, 3.05) is 26.8 Å². The molecule has 1 fully saturated rings. The van der Waals surface area contributed by atoms with Gasteiger partial charge in [-0.3, -0.25) is 4.79 Å². The SMILES string of the molecule is COCCN(C(=O)C1CCCCCN1)C(C)C. The number of carbonyl (C=O) groups is 1. The van der Waals surface area contributed by atoms with Gasteiger partial charge in [-0.2, -0.15) is 0 Å². The molecule has 1 aliphatic rings. The average molecular weight is 242 g/mol. The van der Waals surface area contributed by atoms with Gasteiger partial charge < -0.3 is 15.0 Å². The maximum absolute atomic E-state index is 12.4. The smallest absolute Gasteiger partial charge is 0.240 e. The Morgan fingerprint density at radius 1 is 1.41 bits per heavy atom. The van der Waals surface area contributed by atoms with E-state index in [1.807, 2.05) is 4.90 Å². The third-order valence-corrected chi connectivity index (χ3v) is 3.30. The van der Waals surface area contributed by atoms with E-state index in [1.54, 1.807) is 7.11 Å². The normalized spacial score (nSPS) is 21.3. The van der Waals surface area contributed by atoms with Crippen molar-refractivity contribution in [1.29, 1.82) is 0 Å². The Morgan fingerprint density at radius 3 is 2.82 bits per heavy atom. The monoisotopic (exact) mass is 242 g/mol. The van der Waals surface area contributed by atoms with Crippen molar-refractivity contribution in [2.24, 2.45) is 0 Å². The molecule has 1 saturated heterocycles. The fourth-order valence-corrected chi connectivity index (χ4v) is 2.25. The molecule has 0 aromatic rings. The fraction of sp³-hybridized carbons (Fsp3) is 0.923. The topological polar surface area (TPSA) is 41.6 Å². The second kappa shape index (κ2) is 7.67. The molecule has 0 saturated carbocycles. The maximum Gasteiger partial charge on any atom is 0.240 e. The molecule has 1 heterocycles. The first kappa shape index (κ1) is 14.5. The van der Waals surface area contributed by atoms with Crippen LogP contribution < -0.4 is 5.32 Å². The Kier molecular flexibility index (Phi) is 6.52. The van der Waals surface area contributed by atoms with Crippen molar-refractivity contribution >= 4 is 5.91 Å². The number of hydrogen-bond donors (Lipinski definition) is 1. The molecule has 1 amide bonds. The van der Waals surface area contributed by atoms with E-state index >= 15 is 0 Å². The largest absolute Gasteiger partial charge is 0.383 e. The van der Waals surface area contributed by atoms with Gasteiger partial charge in [0, 0.05) is 19.7 Å². The van der Waals surface area contributed by atoms with Crippen LogP contribution in [0, 0.1) is 0 Å². The molecule has 1 N–H and O–H groups in total. The van der Waals surface area contributed by atoms with Crippen LogP contribution in [-0.4, -0.2) is 49.7 Å². The Labute approximate surface area is 105 Å². The van der Waals surface area contributed by atoms with Crippen molar-refractivity contribution in [3.05, 3.63) is 0 Å². The highest BCUT2D eigenvalue weighted by molar-refractivity contribution is 5.82. The molecule has 0 bridgehead atoms. The molecule has 1 aliphatic heterocycles. The zero-order valence-corrected chi connectivity index (χ0v) is 11.4. The fourth-order valence-electron chi connectivity index (χ4n) is 2.25. The van der Waals surface area contributed by atoms with Crippen LogP contribution in [0.15, 0.2) is 0 Å². The molecule has 100 valence electrons. The van der Waals surface area contributed by atoms with Gasteiger partial charge in [-0.05, 0) is 33.2 Å². The van der Waals surface area contributed by atoms with Crippen LogP contribution in [0.2, 0.25) is 0 Å². The van der Waals surface area contributed by atoms with Gasteiger partial charge in [-0.25, -0.2) is 0 Å². The Balaban J connectivity index is 2.55. The van der Waals surface area contributed by atoms with Crippen molar-refractivity contribution in [2.45, 2.75) is 51.6 Å². The second-order valence-electron chi connectivity index (χ2n) is 4.97. The van der Waals surface area contributed by atoms with Crippen molar-refractivity contribution in [1.82, 2.24) is 10.2 Å². The summed E-state index contributed by atoms with van der Waals surface area (Å²) >= 11 is 0. The number of nitrogens with one attached hydrogen (secondary N) is 1. The summed E-state index contributed by atoms with van der Waals surface area (Å²) in [5.74, 6) is 0.235. The minimum atomic E-state index is 0.0109. The third-order valence-electron chi connectivity index (χ3n) is 3.30. The highest BCUT2D eigenvalue weighted by Gasteiger charge is 2.26. The summed E-state index contributed by atoms with van der Waals surface area (Å²) in [5.41, 5.74) is 0. The predicted molar refractivity (Wildman–Crippen MR) is 69.0 cm³/mol. The van der Waals surface area contributed by atoms with Crippen LogP contribution in [0.3, 0.4) is 0 Å². The van der Waals surface area contributed by atoms with Crippen LogP contribution in [0.4, 0.5) is 0 Å². The van der Waals surface area contributed by atoms with Gasteiger partial charge in [0.1, 0.15) is 0 Å². The number of rotatable bonds is 5. The minimum absolute atomic E-state index is 0.0109. The Hall–Kier alpha value is -0.610. The molecule has 0 spiro atoms. The predicted octanol–water partition coefficient (Wildman–Crippen LogP) is 1.40. The van der Waals surface area contributed by atoms with Crippen LogP contribution in [0.5, 0.6) is 0 Å². The van der Waals surface area contributed by atoms with E-state index in [1.165, 1.54) is 12.8 Å². The molecular weight excluding hydrogens is 216 g/mol. The molecule has 1 unspecified atom stereocenters. The van der Waals surface area contributed by atoms with Gasteiger partial charge in [0.25, 0.3) is 0 Å². The van der Waals surface area contributed by atoms with E-state index in [9.17, 15) is 4.79 Å². The quantitative estimate of drug-likeness (QED) is 0.792. The van der Waals surface area contributed by atoms with Crippen LogP contribution in [0.1, 0.15) is 39.5 Å². The molecule has 4 heteroatoms. The summed E-state index contributed by atoms with van der Waals surface area (Å²) in [7, 11) is 1.67. The minimum Gasteiger partial charge on any atom is -0.383 e. The first-order valence-corrected chi connectivity index (χ1v) is 6.69. The Bertz CT molecular complexity index is 223. The first-order valence-electron chi connectivity index (χ1n) is 6.69. The van der Waals surface area contributed by atoms with Crippen molar-refractivity contribution in [3.63, 3.8) is 0 Å². The lowest BCUT2D eigenvalue weighted by atomic mass is 10.1. The second-order valence-corrected chi connectivity index (χ2v) is 4.97. The van der Waals surface area contributed by atoms with E-state index in [-0.39, 0.29) is 18.0 Å². The summed E-state index contributed by atoms with van der Waals surface area (Å²) in [4.78, 5) is 14.3. The van der Waals surface area contributed by atoms with Crippen LogP contribution in [0.25, 0.3) is 0 Å². The zero-order chi connectivity index (χ0) is 12.7. The van der Waals surface area contributed by atoms with Crippen molar-refractivity contribution < 1.29 is 9.53 Å². The van der Waals surface area contributed by atoms with E-state index in [4.69, 9.17) is 4.74 Å². The Morgan fingerprint density at radius 2 is 2.18 bits per heavy atom. The van der Waals surface area contributed by atoms with Gasteiger partial charge in [0.2, 0.25) is 5.91 Å². The molecule has 1 rings (SSSR count). The molecule has 0 aliphatic carbocycles. The van der Waals surface area contributed by atoms with Crippen molar-refractivity contribution in [3.8, 4) is 0 Å². The molecule has 0 aromatic heterocycles. The molecule has 17 heavy (non-hydrogen) atoms. The number of amides is 1. The van der Waals surface area contributed by atoms with Gasteiger partial charge in [0.15, 0.2) is 0 Å². The molecular formula is C13H26N2O2. The highest BCUT2D eigenvalue weighted by Crippen LogP contribution is 2.12. The number of hydrogen-bond acceptors (Lipinski definition) is 3. The van der Waals surface area contributed by atoms with E-state index in [0.29, 0.717) is 13.2 Å². The lowest BCUT2D eigenvalue weighted by molar-refractivity contribution is -0.136. The number of carbonyl (C=O) groups excluding carboxylic acids is 1. The summed E-state index contributed by atoms with van der Waals surface area (Å²) in [6.45, 7) is 6.38. The van der Waals surface area contributed by atoms with E-state index in [2.05, 4.69) is 19.2 Å². The third kappa shape index (κ3) is 4.64. The molecule has 0 radical (unpaired) electrons. The number of ether oxygens (including phenoxy) is 1. The lowest BCUT2D eigenvalue weighted by Gasteiger charge is -2.30. The van der Waals surface area contributed by atoms with Crippen LogP contribution >= 0.6 is 0 Å². The standard InChI is InChI=1S/C13H26N2O2/c1-11(2)15(9-10-17-3)13(16)12-7-5-4-6-8-14-12/h11-12,14H,4-10H2,1-3H3. The summed E-state index contributed by atoms with van der Waals surface area (Å²) in [6.07, 6.45) is 4.54.